The molecule has 2 aromatic rings. The lowest BCUT2D eigenvalue weighted by atomic mass is 10.2. The summed E-state index contributed by atoms with van der Waals surface area (Å²) in [7, 11) is -3.62. The topological polar surface area (TPSA) is 86.7 Å². The minimum atomic E-state index is -3.62. The third-order valence-electron chi connectivity index (χ3n) is 4.27. The third-order valence-corrected chi connectivity index (χ3v) is 6.96. The van der Waals surface area contributed by atoms with Gasteiger partial charge in [-0.05, 0) is 49.4 Å². The third kappa shape index (κ3) is 3.72. The van der Waals surface area contributed by atoms with Gasteiger partial charge in [0.1, 0.15) is 5.75 Å². The van der Waals surface area contributed by atoms with E-state index in [0.717, 1.165) is 17.7 Å². The van der Waals surface area contributed by atoms with Crippen molar-refractivity contribution in [3.63, 3.8) is 0 Å². The van der Waals surface area contributed by atoms with E-state index in [9.17, 15) is 18.3 Å². The summed E-state index contributed by atoms with van der Waals surface area (Å²) in [5.41, 5.74) is 0.540. The fourth-order valence-electron chi connectivity index (χ4n) is 2.88. The number of rotatable bonds is 5. The number of sulfonamides is 1. The first kappa shape index (κ1) is 18.8. The Bertz CT molecular complexity index is 923. The first-order valence-electron chi connectivity index (χ1n) is 8.21. The van der Waals surface area contributed by atoms with E-state index in [0.29, 0.717) is 18.7 Å². The second-order valence-electron chi connectivity index (χ2n) is 5.94. The number of thioether (sulfide) groups is 1. The van der Waals surface area contributed by atoms with E-state index >= 15 is 0 Å². The maximum Gasteiger partial charge on any atom is 0.256 e. The zero-order chi connectivity index (χ0) is 18.7. The monoisotopic (exact) mass is 392 g/mol. The van der Waals surface area contributed by atoms with Gasteiger partial charge in [0.15, 0.2) is 0 Å². The Morgan fingerprint density at radius 3 is 2.54 bits per heavy atom. The molecular weight excluding hydrogens is 372 g/mol. The molecule has 1 aliphatic rings. The van der Waals surface area contributed by atoms with Crippen LogP contribution in [0.2, 0.25) is 0 Å². The number of benzene rings is 2. The molecule has 1 heterocycles. The van der Waals surface area contributed by atoms with Crippen molar-refractivity contribution in [2.24, 2.45) is 0 Å². The summed E-state index contributed by atoms with van der Waals surface area (Å²) in [4.78, 5) is 13.4. The molecule has 0 atom stereocenters. The molecule has 8 heteroatoms. The van der Waals surface area contributed by atoms with E-state index in [1.807, 2.05) is 18.4 Å². The van der Waals surface area contributed by atoms with E-state index in [4.69, 9.17) is 0 Å². The molecule has 2 N–H and O–H groups in total. The van der Waals surface area contributed by atoms with Crippen molar-refractivity contribution in [1.82, 2.24) is 4.31 Å². The Labute approximate surface area is 157 Å². The highest BCUT2D eigenvalue weighted by atomic mass is 32.2. The molecule has 1 aliphatic heterocycles. The molecular formula is C18H20N2O4S2. The summed E-state index contributed by atoms with van der Waals surface area (Å²) in [6, 6.07) is 11.1. The Morgan fingerprint density at radius 2 is 1.85 bits per heavy atom. The molecule has 3 rings (SSSR count). The largest absolute Gasteiger partial charge is 0.506 e. The second kappa shape index (κ2) is 7.69. The number of phenols is 1. The quantitative estimate of drug-likeness (QED) is 0.603. The summed E-state index contributed by atoms with van der Waals surface area (Å²) in [6.07, 6.45) is 3.55. The summed E-state index contributed by atoms with van der Waals surface area (Å²) >= 11 is 1.44. The first-order valence-corrected chi connectivity index (χ1v) is 10.9. The zero-order valence-electron chi connectivity index (χ0n) is 14.3. The maximum absolute atomic E-state index is 12.7. The van der Waals surface area contributed by atoms with Crippen LogP contribution >= 0.6 is 11.8 Å². The normalized spacial score (nSPS) is 15.1. The molecule has 2 aromatic carbocycles. The molecule has 0 bridgehead atoms. The molecule has 1 fully saturated rings. The fourth-order valence-corrected chi connectivity index (χ4v) is 5.01. The number of phenolic OH excluding ortho intramolecular Hbond substituents is 1. The van der Waals surface area contributed by atoms with Crippen molar-refractivity contribution in [3.05, 3.63) is 48.0 Å². The average molecular weight is 393 g/mol. The Morgan fingerprint density at radius 1 is 1.15 bits per heavy atom. The van der Waals surface area contributed by atoms with Crippen LogP contribution < -0.4 is 5.32 Å². The van der Waals surface area contributed by atoms with Crippen molar-refractivity contribution < 1.29 is 18.3 Å². The van der Waals surface area contributed by atoms with Gasteiger partial charge in [-0.15, -0.1) is 11.8 Å². The van der Waals surface area contributed by atoms with Crippen molar-refractivity contribution in [2.45, 2.75) is 22.6 Å². The lowest BCUT2D eigenvalue weighted by Crippen LogP contribution is -2.28. The molecule has 1 saturated heterocycles. The SMILES string of the molecule is CSc1ccccc1C(=O)Nc1cc(S(=O)(=O)N2CCCC2)ccc1O. The van der Waals surface area contributed by atoms with Crippen LogP contribution in [0.3, 0.4) is 0 Å². The number of nitrogens with zero attached hydrogens (tertiary/aromatic N) is 1. The van der Waals surface area contributed by atoms with Gasteiger partial charge in [0.05, 0.1) is 16.1 Å². The Hall–Kier alpha value is -2.03. The van der Waals surface area contributed by atoms with Crippen molar-refractivity contribution >= 4 is 33.4 Å². The second-order valence-corrected chi connectivity index (χ2v) is 8.73. The van der Waals surface area contributed by atoms with Crippen LogP contribution in [-0.2, 0) is 10.0 Å². The molecule has 0 aliphatic carbocycles. The minimum Gasteiger partial charge on any atom is -0.506 e. The van der Waals surface area contributed by atoms with Crippen LogP contribution in [0.15, 0.2) is 52.3 Å². The molecule has 1 amide bonds. The van der Waals surface area contributed by atoms with Crippen LogP contribution in [0.1, 0.15) is 23.2 Å². The van der Waals surface area contributed by atoms with Gasteiger partial charge in [0, 0.05) is 18.0 Å². The maximum atomic E-state index is 12.7. The fraction of sp³-hybridized carbons (Fsp3) is 0.278. The van der Waals surface area contributed by atoms with Crippen LogP contribution in [0.4, 0.5) is 5.69 Å². The molecule has 26 heavy (non-hydrogen) atoms. The summed E-state index contributed by atoms with van der Waals surface area (Å²) in [5.74, 6) is -0.582. The highest BCUT2D eigenvalue weighted by molar-refractivity contribution is 7.98. The van der Waals surface area contributed by atoms with Crippen LogP contribution in [0.25, 0.3) is 0 Å². The summed E-state index contributed by atoms with van der Waals surface area (Å²) in [5, 5.41) is 12.7. The molecule has 0 saturated carbocycles. The molecule has 0 aromatic heterocycles. The van der Waals surface area contributed by atoms with Gasteiger partial charge in [0.2, 0.25) is 10.0 Å². The highest BCUT2D eigenvalue weighted by Gasteiger charge is 2.28. The van der Waals surface area contributed by atoms with Crippen LogP contribution in [0, 0.1) is 0 Å². The van der Waals surface area contributed by atoms with Crippen molar-refractivity contribution in [3.8, 4) is 5.75 Å². The smallest absolute Gasteiger partial charge is 0.256 e. The number of amides is 1. The molecule has 0 radical (unpaired) electrons. The van der Waals surface area contributed by atoms with Crippen molar-refractivity contribution in [2.75, 3.05) is 24.7 Å². The Kier molecular flexibility index (Phi) is 5.55. The molecule has 0 spiro atoms. The number of aromatic hydroxyl groups is 1. The lowest BCUT2D eigenvalue weighted by molar-refractivity contribution is 0.102. The molecule has 6 nitrogen and oxygen atoms in total. The van der Waals surface area contributed by atoms with Gasteiger partial charge in [0.25, 0.3) is 5.91 Å². The number of nitrogens with one attached hydrogen (secondary N) is 1. The number of hydrogen-bond donors (Lipinski definition) is 2. The van der Waals surface area contributed by atoms with Gasteiger partial charge in [-0.25, -0.2) is 8.42 Å². The van der Waals surface area contributed by atoms with Crippen LogP contribution in [-0.4, -0.2) is 43.1 Å². The predicted octanol–water partition coefficient (Wildman–Crippen LogP) is 3.15. The summed E-state index contributed by atoms with van der Waals surface area (Å²) in [6.45, 7) is 0.984. The number of anilines is 1. The Balaban J connectivity index is 1.90. The van der Waals surface area contributed by atoms with Crippen LogP contribution in [0.5, 0.6) is 5.75 Å². The van der Waals surface area contributed by atoms with E-state index in [1.165, 1.54) is 34.3 Å². The highest BCUT2D eigenvalue weighted by Crippen LogP contribution is 2.30. The number of carbonyl (C=O) groups excluding carboxylic acids is 1. The van der Waals surface area contributed by atoms with Gasteiger partial charge in [-0.1, -0.05) is 12.1 Å². The lowest BCUT2D eigenvalue weighted by Gasteiger charge is -2.17. The average Bonchev–Trinajstić information content (AvgIpc) is 3.19. The van der Waals surface area contributed by atoms with Crippen molar-refractivity contribution in [1.29, 1.82) is 0 Å². The summed E-state index contributed by atoms with van der Waals surface area (Å²) < 4.78 is 26.8. The van der Waals surface area contributed by atoms with E-state index in [2.05, 4.69) is 5.32 Å². The van der Waals surface area contributed by atoms with Gasteiger partial charge >= 0.3 is 0 Å². The van der Waals surface area contributed by atoms with E-state index in [1.54, 1.807) is 12.1 Å². The number of hydrogen-bond acceptors (Lipinski definition) is 5. The minimum absolute atomic E-state index is 0.0608. The van der Waals surface area contributed by atoms with Gasteiger partial charge in [-0.2, -0.15) is 4.31 Å². The predicted molar refractivity (Wildman–Crippen MR) is 102 cm³/mol. The van der Waals surface area contributed by atoms with Gasteiger partial charge < -0.3 is 10.4 Å². The molecule has 0 unspecified atom stereocenters. The first-order chi connectivity index (χ1) is 12.4. The van der Waals surface area contributed by atoms with Gasteiger partial charge in [-0.3, -0.25) is 4.79 Å². The van der Waals surface area contributed by atoms with E-state index in [-0.39, 0.29) is 16.3 Å². The molecule has 138 valence electrons. The standard InChI is InChI=1S/C18H20N2O4S2/c1-25-17-7-3-2-6-14(17)18(22)19-15-12-13(8-9-16(15)21)26(23,24)20-10-4-5-11-20/h2-3,6-9,12,21H,4-5,10-11H2,1H3,(H,19,22). The number of carbonyl (C=O) groups is 1. The zero-order valence-corrected chi connectivity index (χ0v) is 15.9. The van der Waals surface area contributed by atoms with E-state index < -0.39 is 15.9 Å².